The van der Waals surface area contributed by atoms with Crippen molar-refractivity contribution in [3.05, 3.63) is 0 Å². The van der Waals surface area contributed by atoms with Gasteiger partial charge in [-0.15, -0.1) is 0 Å². The first kappa shape index (κ1) is 15.4. The smallest absolute Gasteiger partial charge is 0.303 e. The molecule has 0 radical (unpaired) electrons. The van der Waals surface area contributed by atoms with Crippen LogP contribution in [-0.4, -0.2) is 31.8 Å². The van der Waals surface area contributed by atoms with Crippen molar-refractivity contribution in [1.82, 2.24) is 4.72 Å². The van der Waals surface area contributed by atoms with Crippen molar-refractivity contribution in [3.8, 4) is 0 Å². The molecule has 1 fully saturated rings. The minimum absolute atomic E-state index is 0.0974. The number of hydrogen-bond acceptors (Lipinski definition) is 3. The van der Waals surface area contributed by atoms with Crippen molar-refractivity contribution in [2.45, 2.75) is 51.9 Å². The zero-order chi connectivity index (χ0) is 13.6. The van der Waals surface area contributed by atoms with Crippen LogP contribution in [0, 0.1) is 5.41 Å². The third-order valence-electron chi connectivity index (χ3n) is 3.89. The van der Waals surface area contributed by atoms with E-state index in [1.165, 1.54) is 12.8 Å². The van der Waals surface area contributed by atoms with E-state index in [1.54, 1.807) is 0 Å². The second kappa shape index (κ2) is 6.52. The lowest BCUT2D eigenvalue weighted by Gasteiger charge is -2.27. The van der Waals surface area contributed by atoms with Crippen LogP contribution in [0.4, 0.5) is 0 Å². The molecule has 0 unspecified atom stereocenters. The summed E-state index contributed by atoms with van der Waals surface area (Å²) in [5.41, 5.74) is 0.125. The van der Waals surface area contributed by atoms with E-state index in [0.29, 0.717) is 6.54 Å². The predicted octanol–water partition coefficient (Wildman–Crippen LogP) is 1.74. The molecule has 0 aromatic heterocycles. The first-order chi connectivity index (χ1) is 8.39. The number of carbonyl (C=O) groups is 1. The lowest BCUT2D eigenvalue weighted by atomic mass is 9.84. The van der Waals surface area contributed by atoms with Crippen LogP contribution in [0.5, 0.6) is 0 Å². The Morgan fingerprint density at radius 3 is 2.44 bits per heavy atom. The van der Waals surface area contributed by atoms with Gasteiger partial charge in [-0.3, -0.25) is 4.79 Å². The van der Waals surface area contributed by atoms with Crippen molar-refractivity contribution in [1.29, 1.82) is 0 Å². The molecule has 106 valence electrons. The highest BCUT2D eigenvalue weighted by Crippen LogP contribution is 2.40. The van der Waals surface area contributed by atoms with Crippen molar-refractivity contribution in [3.63, 3.8) is 0 Å². The van der Waals surface area contributed by atoms with Gasteiger partial charge in [0.1, 0.15) is 0 Å². The number of carboxylic acids is 1. The van der Waals surface area contributed by atoms with Gasteiger partial charge in [0.05, 0.1) is 5.75 Å². The fraction of sp³-hybridized carbons (Fsp3) is 0.917. The van der Waals surface area contributed by atoms with E-state index >= 15 is 0 Å². The van der Waals surface area contributed by atoms with E-state index in [9.17, 15) is 13.2 Å². The molecular weight excluding hydrogens is 254 g/mol. The van der Waals surface area contributed by atoms with E-state index in [0.717, 1.165) is 19.3 Å². The Balaban J connectivity index is 2.38. The Morgan fingerprint density at radius 1 is 1.33 bits per heavy atom. The van der Waals surface area contributed by atoms with Crippen LogP contribution >= 0.6 is 0 Å². The molecule has 2 N–H and O–H groups in total. The first-order valence-corrected chi connectivity index (χ1v) is 8.23. The average Bonchev–Trinajstić information content (AvgIpc) is 2.75. The Bertz CT molecular complexity index is 372. The Hall–Kier alpha value is -0.620. The third-order valence-corrected chi connectivity index (χ3v) is 5.30. The molecule has 6 heteroatoms. The molecule has 0 heterocycles. The monoisotopic (exact) mass is 277 g/mol. The Kier molecular flexibility index (Phi) is 5.59. The molecule has 0 aromatic carbocycles. The largest absolute Gasteiger partial charge is 0.481 e. The van der Waals surface area contributed by atoms with Crippen LogP contribution < -0.4 is 4.72 Å². The van der Waals surface area contributed by atoms with Gasteiger partial charge in [0.15, 0.2) is 0 Å². The molecule has 0 saturated heterocycles. The molecule has 0 atom stereocenters. The Morgan fingerprint density at radius 2 is 1.94 bits per heavy atom. The van der Waals surface area contributed by atoms with E-state index < -0.39 is 16.0 Å². The number of hydrogen-bond donors (Lipinski definition) is 2. The molecule has 0 aromatic rings. The topological polar surface area (TPSA) is 83.5 Å². The summed E-state index contributed by atoms with van der Waals surface area (Å²) in [6.07, 6.45) is 5.58. The second-order valence-electron chi connectivity index (χ2n) is 5.20. The van der Waals surface area contributed by atoms with Crippen molar-refractivity contribution < 1.29 is 18.3 Å². The lowest BCUT2D eigenvalue weighted by molar-refractivity contribution is -0.137. The van der Waals surface area contributed by atoms with Crippen molar-refractivity contribution >= 4 is 16.0 Å². The zero-order valence-corrected chi connectivity index (χ0v) is 11.8. The summed E-state index contributed by atoms with van der Waals surface area (Å²) in [4.78, 5) is 10.3. The molecule has 0 spiro atoms. The number of aliphatic carboxylic acids is 1. The number of carboxylic acid groups (broad SMARTS) is 1. The quantitative estimate of drug-likeness (QED) is 0.708. The maximum absolute atomic E-state index is 11.7. The summed E-state index contributed by atoms with van der Waals surface area (Å²) in [6.45, 7) is 2.60. The van der Waals surface area contributed by atoms with E-state index in [4.69, 9.17) is 5.11 Å². The van der Waals surface area contributed by atoms with Crippen LogP contribution in [0.2, 0.25) is 0 Å². The molecule has 1 saturated carbocycles. The molecule has 5 nitrogen and oxygen atoms in total. The van der Waals surface area contributed by atoms with Crippen LogP contribution in [0.3, 0.4) is 0 Å². The van der Waals surface area contributed by atoms with Gasteiger partial charge in [0, 0.05) is 13.0 Å². The fourth-order valence-corrected chi connectivity index (χ4v) is 3.72. The summed E-state index contributed by atoms with van der Waals surface area (Å²) in [5.74, 6) is -1.05. The van der Waals surface area contributed by atoms with E-state index in [1.807, 2.05) is 0 Å². The van der Waals surface area contributed by atoms with Gasteiger partial charge in [0.25, 0.3) is 0 Å². The summed E-state index contributed by atoms with van der Waals surface area (Å²) in [7, 11) is -3.33. The minimum atomic E-state index is -3.33. The van der Waals surface area contributed by atoms with Gasteiger partial charge < -0.3 is 5.11 Å². The Labute approximate surface area is 109 Å². The van der Waals surface area contributed by atoms with Crippen LogP contribution in [0.1, 0.15) is 51.9 Å². The minimum Gasteiger partial charge on any atom is -0.481 e. The van der Waals surface area contributed by atoms with Gasteiger partial charge in [0.2, 0.25) is 10.0 Å². The highest BCUT2D eigenvalue weighted by molar-refractivity contribution is 7.89. The second-order valence-corrected chi connectivity index (χ2v) is 7.12. The van der Waals surface area contributed by atoms with E-state index in [-0.39, 0.29) is 24.0 Å². The predicted molar refractivity (Wildman–Crippen MR) is 69.9 cm³/mol. The number of nitrogens with one attached hydrogen (secondary N) is 1. The summed E-state index contributed by atoms with van der Waals surface area (Å²) < 4.78 is 26.1. The molecule has 1 aliphatic rings. The normalized spacial score (nSPS) is 18.9. The highest BCUT2D eigenvalue weighted by Gasteiger charge is 2.32. The molecular formula is C12H23NO4S. The number of sulfonamides is 1. The van der Waals surface area contributed by atoms with E-state index in [2.05, 4.69) is 11.6 Å². The van der Waals surface area contributed by atoms with Crippen molar-refractivity contribution in [2.24, 2.45) is 5.41 Å². The van der Waals surface area contributed by atoms with Crippen LogP contribution in [0.15, 0.2) is 0 Å². The molecule has 18 heavy (non-hydrogen) atoms. The molecule has 0 aliphatic heterocycles. The van der Waals surface area contributed by atoms with Crippen LogP contribution in [0.25, 0.3) is 0 Å². The van der Waals surface area contributed by atoms with Gasteiger partial charge in [-0.25, -0.2) is 13.1 Å². The first-order valence-electron chi connectivity index (χ1n) is 6.58. The summed E-state index contributed by atoms with van der Waals surface area (Å²) in [6, 6.07) is 0. The van der Waals surface area contributed by atoms with Crippen LogP contribution in [-0.2, 0) is 14.8 Å². The average molecular weight is 277 g/mol. The number of rotatable bonds is 8. The standard InChI is InChI=1S/C12H23NO4S/c1-2-12(7-3-4-8-12)10-13-18(16,17)9-5-6-11(14)15/h13H,2-10H2,1H3,(H,14,15). The molecule has 1 rings (SSSR count). The van der Waals surface area contributed by atoms with Crippen molar-refractivity contribution in [2.75, 3.05) is 12.3 Å². The third kappa shape index (κ3) is 4.94. The SMILES string of the molecule is CCC1(CNS(=O)(=O)CCCC(=O)O)CCCC1. The maximum atomic E-state index is 11.7. The maximum Gasteiger partial charge on any atom is 0.303 e. The zero-order valence-electron chi connectivity index (χ0n) is 10.9. The molecule has 1 aliphatic carbocycles. The van der Waals surface area contributed by atoms with Gasteiger partial charge in [-0.2, -0.15) is 0 Å². The van der Waals surface area contributed by atoms with Gasteiger partial charge in [-0.05, 0) is 31.1 Å². The van der Waals surface area contributed by atoms with Gasteiger partial charge in [-0.1, -0.05) is 19.8 Å². The fourth-order valence-electron chi connectivity index (χ4n) is 2.53. The summed E-state index contributed by atoms with van der Waals surface area (Å²) >= 11 is 0. The lowest BCUT2D eigenvalue weighted by Crippen LogP contribution is -2.36. The highest BCUT2D eigenvalue weighted by atomic mass is 32.2. The molecule has 0 bridgehead atoms. The summed E-state index contributed by atoms with van der Waals surface area (Å²) in [5, 5.41) is 8.48. The molecule has 0 amide bonds. The van der Waals surface area contributed by atoms with Gasteiger partial charge >= 0.3 is 5.97 Å².